The molecule has 6 nitrogen and oxygen atoms in total. The number of esters is 2. The summed E-state index contributed by atoms with van der Waals surface area (Å²) in [6.07, 6.45) is 12.4. The van der Waals surface area contributed by atoms with Gasteiger partial charge in [0.1, 0.15) is 5.75 Å². The molecule has 1 aromatic carbocycles. The first-order valence-corrected chi connectivity index (χ1v) is 14.7. The van der Waals surface area contributed by atoms with E-state index in [1.165, 1.54) is 11.1 Å². The summed E-state index contributed by atoms with van der Waals surface area (Å²) in [4.78, 5) is 26.1. The summed E-state index contributed by atoms with van der Waals surface area (Å²) in [7, 11) is 0. The number of aliphatic hydroxyl groups is 1. The first-order chi connectivity index (χ1) is 18.7. The van der Waals surface area contributed by atoms with Crippen LogP contribution in [-0.4, -0.2) is 41.0 Å². The van der Waals surface area contributed by atoms with Crippen molar-refractivity contribution in [1.29, 1.82) is 0 Å². The molecule has 0 saturated heterocycles. The predicted molar refractivity (Wildman–Crippen MR) is 147 cm³/mol. The number of benzene rings is 1. The summed E-state index contributed by atoms with van der Waals surface area (Å²) in [6, 6.07) is 5.87. The summed E-state index contributed by atoms with van der Waals surface area (Å²) >= 11 is 0. The Bertz CT molecular complexity index is 1290. The Morgan fingerprint density at radius 3 is 2.49 bits per heavy atom. The van der Waals surface area contributed by atoms with Crippen LogP contribution in [0.25, 0.3) is 0 Å². The van der Waals surface area contributed by atoms with E-state index in [0.29, 0.717) is 29.9 Å². The molecule has 0 aromatic heterocycles. The lowest BCUT2D eigenvalue weighted by atomic mass is 9.52. The maximum atomic E-state index is 13.0. The Morgan fingerprint density at radius 1 is 1.03 bits per heavy atom. The second-order valence-corrected chi connectivity index (χ2v) is 12.4. The number of aromatic hydroxyl groups is 1. The van der Waals surface area contributed by atoms with Crippen molar-refractivity contribution < 1.29 is 29.3 Å². The molecule has 0 spiro atoms. The molecule has 5 aliphatic rings. The van der Waals surface area contributed by atoms with Crippen LogP contribution in [0.15, 0.2) is 53.1 Å². The molecule has 2 saturated carbocycles. The highest BCUT2D eigenvalue weighted by Gasteiger charge is 2.63. The summed E-state index contributed by atoms with van der Waals surface area (Å²) < 4.78 is 10.7. The van der Waals surface area contributed by atoms with E-state index < -0.39 is 23.0 Å². The molecule has 2 fully saturated rings. The summed E-state index contributed by atoms with van der Waals surface area (Å²) in [5.74, 6) is 0.630. The second-order valence-electron chi connectivity index (χ2n) is 12.4. The lowest BCUT2D eigenvalue weighted by molar-refractivity contribution is -0.167. The summed E-state index contributed by atoms with van der Waals surface area (Å²) in [6.45, 7) is 6.15. The Hall–Kier alpha value is -2.86. The van der Waals surface area contributed by atoms with Crippen molar-refractivity contribution >= 4 is 11.9 Å². The SMILES string of the molecule is CCOC(=O)C1(C(=O)OCC)C=C2CC=C([C@]3(O)CC[C@H]4[C@@H]5CCc6cc(O)ccc6[C@H]5CC[C@@]43C)C=C2C1. The van der Waals surface area contributed by atoms with Crippen LogP contribution in [-0.2, 0) is 25.5 Å². The summed E-state index contributed by atoms with van der Waals surface area (Å²) in [5, 5.41) is 22.5. The summed E-state index contributed by atoms with van der Waals surface area (Å²) in [5.41, 5.74) is 2.81. The van der Waals surface area contributed by atoms with Gasteiger partial charge >= 0.3 is 11.9 Å². The zero-order chi connectivity index (χ0) is 27.6. The fourth-order valence-corrected chi connectivity index (χ4v) is 8.87. The van der Waals surface area contributed by atoms with E-state index in [9.17, 15) is 19.8 Å². The van der Waals surface area contributed by atoms with Gasteiger partial charge in [-0.25, -0.2) is 0 Å². The van der Waals surface area contributed by atoms with Gasteiger partial charge in [0.05, 0.1) is 18.8 Å². The van der Waals surface area contributed by atoms with Crippen molar-refractivity contribution in [2.45, 2.75) is 83.7 Å². The van der Waals surface area contributed by atoms with Crippen LogP contribution in [0.3, 0.4) is 0 Å². The van der Waals surface area contributed by atoms with Gasteiger partial charge in [-0.05, 0) is 117 Å². The Morgan fingerprint density at radius 2 is 1.77 bits per heavy atom. The smallest absolute Gasteiger partial charge is 0.327 e. The van der Waals surface area contributed by atoms with Gasteiger partial charge in [-0.2, -0.15) is 0 Å². The fourth-order valence-electron chi connectivity index (χ4n) is 8.87. The van der Waals surface area contributed by atoms with Gasteiger partial charge in [-0.3, -0.25) is 9.59 Å². The minimum absolute atomic E-state index is 0.193. The fraction of sp³-hybridized carbons (Fsp3) is 0.576. The standard InChI is InChI=1S/C33H40O6/c1-4-38-29(35)32(30(36)39-5-2)18-21-6-8-23(16-22(21)19-32)33(37)15-13-28-27-10-7-20-17-24(34)9-11-25(20)26(27)12-14-31(28,33)3/h8-9,11,16-18,26-28,34,37H,4-7,10,12-15,19H2,1-3H3/t26-,27-,28+,31+,33-/m1/s1. The molecule has 2 N–H and O–H groups in total. The van der Waals surface area contributed by atoms with Gasteiger partial charge in [0.15, 0.2) is 5.41 Å². The second kappa shape index (κ2) is 9.36. The van der Waals surface area contributed by atoms with Crippen LogP contribution in [0.2, 0.25) is 0 Å². The van der Waals surface area contributed by atoms with Gasteiger partial charge in [0.2, 0.25) is 0 Å². The highest BCUT2D eigenvalue weighted by molar-refractivity contribution is 6.04. The lowest BCUT2D eigenvalue weighted by Crippen LogP contribution is -2.51. The van der Waals surface area contributed by atoms with Crippen molar-refractivity contribution in [3.05, 3.63) is 64.3 Å². The molecular formula is C33H40O6. The normalized spacial score (nSPS) is 33.9. The molecule has 5 aliphatic carbocycles. The molecule has 0 amide bonds. The molecular weight excluding hydrogens is 492 g/mol. The minimum atomic E-state index is -1.46. The molecule has 0 heterocycles. The molecule has 6 heteroatoms. The number of phenolic OH excluding ortho intramolecular Hbond substituents is 1. The number of hydrogen-bond acceptors (Lipinski definition) is 6. The zero-order valence-electron chi connectivity index (χ0n) is 23.3. The van der Waals surface area contributed by atoms with Crippen molar-refractivity contribution in [1.82, 2.24) is 0 Å². The number of phenols is 1. The van der Waals surface area contributed by atoms with Crippen molar-refractivity contribution in [3.63, 3.8) is 0 Å². The third kappa shape index (κ3) is 3.77. The van der Waals surface area contributed by atoms with E-state index in [4.69, 9.17) is 9.47 Å². The van der Waals surface area contributed by atoms with Crippen LogP contribution in [0.1, 0.15) is 82.8 Å². The van der Waals surface area contributed by atoms with Gasteiger partial charge < -0.3 is 19.7 Å². The first kappa shape index (κ1) is 26.4. The first-order valence-electron chi connectivity index (χ1n) is 14.7. The largest absolute Gasteiger partial charge is 0.508 e. The minimum Gasteiger partial charge on any atom is -0.508 e. The van der Waals surface area contributed by atoms with E-state index in [1.54, 1.807) is 19.9 Å². The number of rotatable bonds is 5. The molecule has 208 valence electrons. The number of allylic oxidation sites excluding steroid dienone is 3. The average Bonchev–Trinajstić information content (AvgIpc) is 3.45. The highest BCUT2D eigenvalue weighted by Crippen LogP contribution is 2.66. The van der Waals surface area contributed by atoms with E-state index >= 15 is 0 Å². The number of carbonyl (C=O) groups excluding carboxylic acids is 2. The molecule has 0 aliphatic heterocycles. The number of hydrogen-bond donors (Lipinski definition) is 2. The van der Waals surface area contributed by atoms with E-state index in [0.717, 1.165) is 55.2 Å². The number of carbonyl (C=O) groups is 2. The van der Waals surface area contributed by atoms with Crippen LogP contribution in [0.4, 0.5) is 0 Å². The molecule has 0 bridgehead atoms. The van der Waals surface area contributed by atoms with Gasteiger partial charge in [0.25, 0.3) is 0 Å². The van der Waals surface area contributed by atoms with E-state index in [1.807, 2.05) is 18.2 Å². The number of aryl methyl sites for hydroxylation is 1. The highest BCUT2D eigenvalue weighted by atomic mass is 16.6. The van der Waals surface area contributed by atoms with E-state index in [-0.39, 0.29) is 25.0 Å². The van der Waals surface area contributed by atoms with Gasteiger partial charge in [-0.1, -0.05) is 31.2 Å². The van der Waals surface area contributed by atoms with Crippen LogP contribution in [0.5, 0.6) is 5.75 Å². The third-order valence-electron chi connectivity index (χ3n) is 10.8. The van der Waals surface area contributed by atoms with Crippen LogP contribution < -0.4 is 0 Å². The van der Waals surface area contributed by atoms with Crippen LogP contribution in [0, 0.1) is 22.7 Å². The maximum Gasteiger partial charge on any atom is 0.327 e. The zero-order valence-corrected chi connectivity index (χ0v) is 23.3. The monoisotopic (exact) mass is 532 g/mol. The van der Waals surface area contributed by atoms with Crippen molar-refractivity contribution in [3.8, 4) is 5.75 Å². The third-order valence-corrected chi connectivity index (χ3v) is 10.8. The molecule has 0 unspecified atom stereocenters. The van der Waals surface area contributed by atoms with Crippen LogP contribution >= 0.6 is 0 Å². The number of ether oxygens (including phenoxy) is 2. The van der Waals surface area contributed by atoms with E-state index in [2.05, 4.69) is 19.1 Å². The Labute approximate surface area is 230 Å². The van der Waals surface area contributed by atoms with Gasteiger partial charge in [0, 0.05) is 11.8 Å². The van der Waals surface area contributed by atoms with Gasteiger partial charge in [-0.15, -0.1) is 0 Å². The topological polar surface area (TPSA) is 93.1 Å². The number of fused-ring (bicyclic) bond motifs is 6. The maximum absolute atomic E-state index is 13.0. The Balaban J connectivity index is 1.28. The average molecular weight is 533 g/mol. The van der Waals surface area contributed by atoms with Crippen molar-refractivity contribution in [2.75, 3.05) is 13.2 Å². The molecule has 0 radical (unpaired) electrons. The quantitative estimate of drug-likeness (QED) is 0.375. The molecule has 5 atom stereocenters. The lowest BCUT2D eigenvalue weighted by Gasteiger charge is -2.54. The van der Waals surface area contributed by atoms with Crippen molar-refractivity contribution in [2.24, 2.45) is 22.7 Å². The predicted octanol–water partition coefficient (Wildman–Crippen LogP) is 5.68. The molecule has 6 rings (SSSR count). The molecule has 39 heavy (non-hydrogen) atoms. The Kier molecular flexibility index (Phi) is 6.33. The molecule has 1 aromatic rings.